The van der Waals surface area contributed by atoms with Crippen LogP contribution in [0.1, 0.15) is 17.8 Å². The number of benzene rings is 1. The van der Waals surface area contributed by atoms with Gasteiger partial charge in [0.2, 0.25) is 0 Å². The molecule has 0 spiro atoms. The molecule has 0 aliphatic carbocycles. The first-order chi connectivity index (χ1) is 11.5. The normalized spacial score (nSPS) is 16.1. The molecule has 24 heavy (non-hydrogen) atoms. The molecule has 1 N–H and O–H groups in total. The minimum Gasteiger partial charge on any atom is -0.367 e. The highest BCUT2D eigenvalue weighted by atomic mass is 35.5. The van der Waals surface area contributed by atoms with E-state index in [4.69, 9.17) is 23.2 Å². The van der Waals surface area contributed by atoms with Crippen molar-refractivity contribution in [2.75, 3.05) is 31.1 Å². The summed E-state index contributed by atoms with van der Waals surface area (Å²) in [5.74, 6) is 0. The largest absolute Gasteiger partial charge is 0.367 e. The summed E-state index contributed by atoms with van der Waals surface area (Å²) in [5.41, 5.74) is 1.03. The lowest BCUT2D eigenvalue weighted by Crippen LogP contribution is -2.52. The summed E-state index contributed by atoms with van der Waals surface area (Å²) in [4.78, 5) is 17.6. The van der Waals surface area contributed by atoms with E-state index in [0.717, 1.165) is 33.0 Å². The number of thiophene rings is 1. The Balaban J connectivity index is 1.54. The minimum absolute atomic E-state index is 0.0363. The van der Waals surface area contributed by atoms with Crippen LogP contribution in [-0.4, -0.2) is 37.1 Å². The number of amides is 2. The Hall–Kier alpha value is -1.43. The summed E-state index contributed by atoms with van der Waals surface area (Å²) in [5, 5.41) is 3.79. The number of carbonyl (C=O) groups is 1. The molecule has 1 aliphatic rings. The van der Waals surface area contributed by atoms with Crippen molar-refractivity contribution >= 4 is 46.3 Å². The van der Waals surface area contributed by atoms with Gasteiger partial charge < -0.3 is 15.1 Å². The minimum atomic E-state index is -0.0448. The molecule has 3 rings (SSSR count). The highest BCUT2D eigenvalue weighted by molar-refractivity contribution is 7.16. The van der Waals surface area contributed by atoms with Crippen molar-refractivity contribution in [1.29, 1.82) is 0 Å². The van der Waals surface area contributed by atoms with Gasteiger partial charge >= 0.3 is 6.03 Å². The van der Waals surface area contributed by atoms with Crippen LogP contribution in [0.25, 0.3) is 0 Å². The maximum Gasteiger partial charge on any atom is 0.318 e. The molecule has 1 unspecified atom stereocenters. The molecule has 128 valence electrons. The lowest BCUT2D eigenvalue weighted by molar-refractivity contribution is 0.191. The molecule has 0 bridgehead atoms. The van der Waals surface area contributed by atoms with Crippen LogP contribution in [0.2, 0.25) is 9.36 Å². The summed E-state index contributed by atoms with van der Waals surface area (Å²) in [6.45, 7) is 4.87. The Morgan fingerprint density at radius 2 is 1.83 bits per heavy atom. The fourth-order valence-corrected chi connectivity index (χ4v) is 4.09. The predicted molar refractivity (Wildman–Crippen MR) is 102 cm³/mol. The van der Waals surface area contributed by atoms with E-state index in [1.807, 2.05) is 48.2 Å². The lowest BCUT2D eigenvalue weighted by atomic mass is 10.2. The van der Waals surface area contributed by atoms with E-state index < -0.39 is 0 Å². The zero-order valence-electron chi connectivity index (χ0n) is 13.3. The average molecular weight is 384 g/mol. The molecule has 0 radical (unpaired) electrons. The van der Waals surface area contributed by atoms with Gasteiger partial charge in [0.15, 0.2) is 0 Å². The second-order valence-corrected chi connectivity index (χ2v) is 7.89. The zero-order valence-corrected chi connectivity index (χ0v) is 15.7. The van der Waals surface area contributed by atoms with Crippen LogP contribution in [0, 0.1) is 0 Å². The number of nitrogens with one attached hydrogen (secondary N) is 1. The van der Waals surface area contributed by atoms with Crippen molar-refractivity contribution in [1.82, 2.24) is 10.2 Å². The number of hydrogen-bond acceptors (Lipinski definition) is 3. The second kappa shape index (κ2) is 7.64. The maximum absolute atomic E-state index is 12.4. The SMILES string of the molecule is CC(NC(=O)N1CCN(c2ccccc2Cl)CC1)c1ccc(Cl)s1. The van der Waals surface area contributed by atoms with Gasteiger partial charge in [-0.1, -0.05) is 35.3 Å². The van der Waals surface area contributed by atoms with Crippen molar-refractivity contribution < 1.29 is 4.79 Å². The Morgan fingerprint density at radius 3 is 2.46 bits per heavy atom. The Morgan fingerprint density at radius 1 is 1.12 bits per heavy atom. The topological polar surface area (TPSA) is 35.6 Å². The number of hydrogen-bond donors (Lipinski definition) is 1. The molecular formula is C17H19Cl2N3OS. The summed E-state index contributed by atoms with van der Waals surface area (Å²) in [7, 11) is 0. The lowest BCUT2D eigenvalue weighted by Gasteiger charge is -2.36. The fourth-order valence-electron chi connectivity index (χ4n) is 2.77. The van der Waals surface area contributed by atoms with Gasteiger partial charge in [0, 0.05) is 31.1 Å². The second-order valence-electron chi connectivity index (χ2n) is 5.74. The summed E-state index contributed by atoms with van der Waals surface area (Å²) in [6.07, 6.45) is 0. The maximum atomic E-state index is 12.4. The zero-order chi connectivity index (χ0) is 17.1. The van der Waals surface area contributed by atoms with Crippen LogP contribution in [0.15, 0.2) is 36.4 Å². The van der Waals surface area contributed by atoms with Gasteiger partial charge in [-0.25, -0.2) is 4.79 Å². The summed E-state index contributed by atoms with van der Waals surface area (Å²) < 4.78 is 0.736. The Kier molecular flexibility index (Phi) is 5.54. The third kappa shape index (κ3) is 3.97. The molecule has 0 saturated carbocycles. The molecular weight excluding hydrogens is 365 g/mol. The van der Waals surface area contributed by atoms with Crippen LogP contribution in [-0.2, 0) is 0 Å². The van der Waals surface area contributed by atoms with Gasteiger partial charge in [-0.05, 0) is 31.2 Å². The average Bonchev–Trinajstić information content (AvgIpc) is 3.02. The smallest absolute Gasteiger partial charge is 0.318 e. The van der Waals surface area contributed by atoms with Crippen molar-refractivity contribution in [3.8, 4) is 0 Å². The number of carbonyl (C=O) groups excluding carboxylic acids is 1. The van der Waals surface area contributed by atoms with E-state index in [-0.39, 0.29) is 12.1 Å². The van der Waals surface area contributed by atoms with Crippen LogP contribution in [0.3, 0.4) is 0 Å². The molecule has 1 aromatic heterocycles. The molecule has 1 atom stereocenters. The van der Waals surface area contributed by atoms with Gasteiger partial charge in [-0.15, -0.1) is 11.3 Å². The monoisotopic (exact) mass is 383 g/mol. The number of anilines is 1. The van der Waals surface area contributed by atoms with Crippen LogP contribution < -0.4 is 10.2 Å². The first-order valence-electron chi connectivity index (χ1n) is 7.85. The highest BCUT2D eigenvalue weighted by Crippen LogP contribution is 2.28. The molecule has 1 saturated heterocycles. The van der Waals surface area contributed by atoms with Gasteiger partial charge in [0.1, 0.15) is 0 Å². The van der Waals surface area contributed by atoms with E-state index in [9.17, 15) is 4.79 Å². The van der Waals surface area contributed by atoms with E-state index in [2.05, 4.69) is 10.2 Å². The number of urea groups is 1. The van der Waals surface area contributed by atoms with Crippen LogP contribution >= 0.6 is 34.5 Å². The predicted octanol–water partition coefficient (Wildman–Crippen LogP) is 4.65. The first kappa shape index (κ1) is 17.4. The van der Waals surface area contributed by atoms with E-state index >= 15 is 0 Å². The molecule has 2 amide bonds. The van der Waals surface area contributed by atoms with E-state index in [0.29, 0.717) is 13.1 Å². The quantitative estimate of drug-likeness (QED) is 0.836. The Bertz CT molecular complexity index is 713. The van der Waals surface area contributed by atoms with Gasteiger partial charge in [0.25, 0.3) is 0 Å². The summed E-state index contributed by atoms with van der Waals surface area (Å²) in [6, 6.07) is 11.5. The highest BCUT2D eigenvalue weighted by Gasteiger charge is 2.23. The molecule has 2 heterocycles. The van der Waals surface area contributed by atoms with Crippen molar-refractivity contribution in [2.24, 2.45) is 0 Å². The van der Waals surface area contributed by atoms with Crippen molar-refractivity contribution in [2.45, 2.75) is 13.0 Å². The molecule has 4 nitrogen and oxygen atoms in total. The van der Waals surface area contributed by atoms with Crippen LogP contribution in [0.5, 0.6) is 0 Å². The molecule has 1 aromatic carbocycles. The third-order valence-electron chi connectivity index (χ3n) is 4.12. The van der Waals surface area contributed by atoms with Gasteiger partial charge in [-0.2, -0.15) is 0 Å². The third-order valence-corrected chi connectivity index (χ3v) is 5.85. The molecule has 2 aromatic rings. The van der Waals surface area contributed by atoms with Gasteiger partial charge in [0.05, 0.1) is 21.1 Å². The number of rotatable bonds is 3. The Labute approximate surface area is 156 Å². The molecule has 1 fully saturated rings. The summed E-state index contributed by atoms with van der Waals surface area (Å²) >= 11 is 13.7. The molecule has 1 aliphatic heterocycles. The van der Waals surface area contributed by atoms with Crippen LogP contribution in [0.4, 0.5) is 10.5 Å². The first-order valence-corrected chi connectivity index (χ1v) is 9.42. The van der Waals surface area contributed by atoms with Gasteiger partial charge in [-0.3, -0.25) is 0 Å². The van der Waals surface area contributed by atoms with E-state index in [1.54, 1.807) is 0 Å². The number of halogens is 2. The number of nitrogens with zero attached hydrogens (tertiary/aromatic N) is 2. The number of para-hydroxylation sites is 1. The van der Waals surface area contributed by atoms with Crippen molar-refractivity contribution in [3.05, 3.63) is 50.6 Å². The van der Waals surface area contributed by atoms with E-state index in [1.165, 1.54) is 11.3 Å². The number of piperazine rings is 1. The fraction of sp³-hybridized carbons (Fsp3) is 0.353. The standard InChI is InChI=1S/C17H19Cl2N3OS/c1-12(15-6-7-16(19)24-15)20-17(23)22-10-8-21(9-11-22)14-5-3-2-4-13(14)18/h2-7,12H,8-11H2,1H3,(H,20,23). The molecule has 7 heteroatoms. The van der Waals surface area contributed by atoms with Crippen molar-refractivity contribution in [3.63, 3.8) is 0 Å².